The maximum atomic E-state index is 12.3. The zero-order chi connectivity index (χ0) is 16.4. The summed E-state index contributed by atoms with van der Waals surface area (Å²) in [6.07, 6.45) is 2.42. The number of ether oxygens (including phenoxy) is 1. The normalized spacial score (nSPS) is 27.7. The summed E-state index contributed by atoms with van der Waals surface area (Å²) in [6.45, 7) is 0. The fourth-order valence-corrected chi connectivity index (χ4v) is 5.44. The Morgan fingerprint density at radius 3 is 2.48 bits per heavy atom. The van der Waals surface area contributed by atoms with Crippen LogP contribution in [0.4, 0.5) is 0 Å². The van der Waals surface area contributed by atoms with Gasteiger partial charge in [-0.05, 0) is 73.2 Å². The monoisotopic (exact) mass is 455 g/mol. The molecule has 23 heavy (non-hydrogen) atoms. The Hall–Kier alpha value is -0.690. The molecule has 0 aliphatic carbocycles. The third-order valence-electron chi connectivity index (χ3n) is 4.66. The second-order valence-corrected chi connectivity index (χ2v) is 10.0. The number of hydrogen-bond acceptors (Lipinski definition) is 3. The van der Waals surface area contributed by atoms with Crippen LogP contribution in [0.2, 0.25) is 0 Å². The van der Waals surface area contributed by atoms with Gasteiger partial charge in [-0.25, -0.2) is 8.99 Å². The first-order chi connectivity index (χ1) is 10.9. The van der Waals surface area contributed by atoms with E-state index in [0.29, 0.717) is 4.90 Å². The van der Waals surface area contributed by atoms with Crippen LogP contribution in [0.3, 0.4) is 0 Å². The Bertz CT molecular complexity index is 911. The fourth-order valence-electron chi connectivity index (χ4n) is 3.71. The molecule has 1 N–H and O–H groups in total. The maximum absolute atomic E-state index is 12.3. The van der Waals surface area contributed by atoms with Crippen LogP contribution in [0.25, 0.3) is 0 Å². The van der Waals surface area contributed by atoms with E-state index >= 15 is 0 Å². The van der Waals surface area contributed by atoms with Gasteiger partial charge in [-0.3, -0.25) is 0 Å². The molecule has 4 atom stereocenters. The molecule has 0 amide bonds. The van der Waals surface area contributed by atoms with Crippen LogP contribution in [0.5, 0.6) is 0 Å². The lowest BCUT2D eigenvalue weighted by atomic mass is 9.80. The van der Waals surface area contributed by atoms with Gasteiger partial charge in [-0.2, -0.15) is 0 Å². The van der Waals surface area contributed by atoms with Crippen molar-refractivity contribution in [1.82, 2.24) is 0 Å². The van der Waals surface area contributed by atoms with E-state index < -0.39 is 9.73 Å². The van der Waals surface area contributed by atoms with Crippen LogP contribution < -0.4 is 0 Å². The molecule has 3 nitrogen and oxygen atoms in total. The van der Waals surface area contributed by atoms with Gasteiger partial charge in [0, 0.05) is 21.1 Å². The van der Waals surface area contributed by atoms with Crippen LogP contribution in [-0.4, -0.2) is 10.5 Å². The Labute approximate surface area is 152 Å². The Kier molecular flexibility index (Phi) is 3.72. The molecule has 0 radical (unpaired) electrons. The standard InChI is InChI=1S/C17H15Br2NO2S/c1-23(20,21)16-5-3-2-4-9(16)12-8-15-10-6-13(18)14(19)7-11(10)17(12)22-15/h2-7,12,15,17,20H,8H2,1H3/t12-,15-,17-,23?/m0/s1. The molecular formula is C17H15Br2NO2S. The molecule has 1 saturated heterocycles. The highest BCUT2D eigenvalue weighted by Crippen LogP contribution is 2.59. The van der Waals surface area contributed by atoms with E-state index in [0.717, 1.165) is 20.9 Å². The molecule has 2 aromatic rings. The Balaban J connectivity index is 1.82. The lowest BCUT2D eigenvalue weighted by Gasteiger charge is -2.24. The van der Waals surface area contributed by atoms with Crippen LogP contribution in [0.1, 0.15) is 41.2 Å². The van der Waals surface area contributed by atoms with Crippen LogP contribution in [-0.2, 0) is 14.5 Å². The van der Waals surface area contributed by atoms with E-state index in [1.807, 2.05) is 24.3 Å². The number of hydrogen-bond donors (Lipinski definition) is 1. The smallest absolute Gasteiger partial charge is 0.0907 e. The summed E-state index contributed by atoms with van der Waals surface area (Å²) in [5.74, 6) is 0.155. The van der Waals surface area contributed by atoms with Gasteiger partial charge in [-0.15, -0.1) is 0 Å². The molecule has 2 aromatic carbocycles. The topological polar surface area (TPSA) is 50.2 Å². The van der Waals surface area contributed by atoms with Crippen molar-refractivity contribution < 1.29 is 8.95 Å². The average molecular weight is 457 g/mol. The minimum Gasteiger partial charge on any atom is -0.365 e. The number of halogens is 2. The van der Waals surface area contributed by atoms with Gasteiger partial charge in [0.05, 0.1) is 26.8 Å². The molecule has 4 rings (SSSR count). The van der Waals surface area contributed by atoms with Gasteiger partial charge in [0.1, 0.15) is 0 Å². The van der Waals surface area contributed by atoms with Crippen molar-refractivity contribution in [2.75, 3.05) is 6.26 Å². The van der Waals surface area contributed by atoms with Crippen LogP contribution >= 0.6 is 31.9 Å². The van der Waals surface area contributed by atoms with E-state index in [1.54, 1.807) is 0 Å². The first kappa shape index (κ1) is 15.8. The quantitative estimate of drug-likeness (QED) is 0.644. The van der Waals surface area contributed by atoms with Gasteiger partial charge in [0.25, 0.3) is 0 Å². The van der Waals surface area contributed by atoms with E-state index in [4.69, 9.17) is 9.52 Å². The average Bonchev–Trinajstić information content (AvgIpc) is 3.06. The third-order valence-corrected chi connectivity index (χ3v) is 7.72. The lowest BCUT2D eigenvalue weighted by molar-refractivity contribution is 0.0673. The summed E-state index contributed by atoms with van der Waals surface area (Å²) in [5, 5.41) is 0. The molecule has 2 bridgehead atoms. The van der Waals surface area contributed by atoms with Gasteiger partial charge in [0.2, 0.25) is 0 Å². The highest BCUT2D eigenvalue weighted by molar-refractivity contribution is 9.13. The molecule has 6 heteroatoms. The molecule has 2 aliphatic rings. The SMILES string of the molecule is CS(=N)(=O)c1ccccc1[C@@H]1C[C@@H]2O[C@H]1c1cc(Br)c(Br)cc12. The summed E-state index contributed by atoms with van der Waals surface area (Å²) in [7, 11) is -2.75. The molecule has 2 heterocycles. The summed E-state index contributed by atoms with van der Waals surface area (Å²) in [4.78, 5) is 0.638. The molecule has 1 fully saturated rings. The zero-order valence-electron chi connectivity index (χ0n) is 12.4. The lowest BCUT2D eigenvalue weighted by Crippen LogP contribution is -2.13. The van der Waals surface area contributed by atoms with Crippen molar-refractivity contribution in [3.05, 3.63) is 62.0 Å². The van der Waals surface area contributed by atoms with Crippen molar-refractivity contribution in [2.45, 2.75) is 29.4 Å². The summed E-state index contributed by atoms with van der Waals surface area (Å²) < 4.78 is 28.6. The summed E-state index contributed by atoms with van der Waals surface area (Å²) in [6, 6.07) is 11.9. The fraction of sp³-hybridized carbons (Fsp3) is 0.294. The van der Waals surface area contributed by atoms with Gasteiger partial charge < -0.3 is 4.74 Å². The van der Waals surface area contributed by atoms with Crippen LogP contribution in [0, 0.1) is 4.78 Å². The first-order valence-electron chi connectivity index (χ1n) is 7.33. The summed E-state index contributed by atoms with van der Waals surface area (Å²) >= 11 is 7.12. The molecule has 2 aliphatic heterocycles. The number of benzene rings is 2. The largest absolute Gasteiger partial charge is 0.365 e. The highest BCUT2D eigenvalue weighted by atomic mass is 79.9. The Morgan fingerprint density at radius 1 is 1.13 bits per heavy atom. The molecule has 1 unspecified atom stereocenters. The Morgan fingerprint density at radius 2 is 1.78 bits per heavy atom. The molecule has 0 spiro atoms. The second kappa shape index (κ2) is 5.41. The van der Waals surface area contributed by atoms with E-state index in [9.17, 15) is 4.21 Å². The van der Waals surface area contributed by atoms with Gasteiger partial charge >= 0.3 is 0 Å². The molecular weight excluding hydrogens is 442 g/mol. The molecule has 0 saturated carbocycles. The minimum absolute atomic E-state index is 0.0256. The summed E-state index contributed by atoms with van der Waals surface area (Å²) in [5.41, 5.74) is 3.43. The second-order valence-electron chi connectivity index (χ2n) is 6.16. The predicted octanol–water partition coefficient (Wildman–Crippen LogP) is 5.55. The third kappa shape index (κ3) is 2.51. The van der Waals surface area contributed by atoms with Crippen LogP contribution in [0.15, 0.2) is 50.2 Å². The first-order valence-corrected chi connectivity index (χ1v) is 10.9. The number of nitrogens with one attached hydrogen (secondary N) is 1. The minimum atomic E-state index is -2.75. The van der Waals surface area contributed by atoms with Crippen molar-refractivity contribution in [3.8, 4) is 0 Å². The van der Waals surface area contributed by atoms with Crippen molar-refractivity contribution in [2.24, 2.45) is 0 Å². The number of rotatable bonds is 2. The van der Waals surface area contributed by atoms with Gasteiger partial charge in [0.15, 0.2) is 0 Å². The van der Waals surface area contributed by atoms with Crippen molar-refractivity contribution >= 4 is 41.6 Å². The van der Waals surface area contributed by atoms with E-state index in [2.05, 4.69) is 44.0 Å². The maximum Gasteiger partial charge on any atom is 0.0907 e. The molecule has 120 valence electrons. The number of fused-ring (bicyclic) bond motifs is 5. The van der Waals surface area contributed by atoms with Crippen molar-refractivity contribution in [3.63, 3.8) is 0 Å². The zero-order valence-corrected chi connectivity index (χ0v) is 16.4. The van der Waals surface area contributed by atoms with E-state index in [-0.39, 0.29) is 18.1 Å². The van der Waals surface area contributed by atoms with E-state index in [1.165, 1.54) is 17.4 Å². The highest BCUT2D eigenvalue weighted by Gasteiger charge is 2.46. The van der Waals surface area contributed by atoms with Gasteiger partial charge in [-0.1, -0.05) is 18.2 Å². The van der Waals surface area contributed by atoms with Crippen molar-refractivity contribution in [1.29, 1.82) is 4.78 Å². The molecule has 0 aromatic heterocycles. The predicted molar refractivity (Wildman–Crippen MR) is 97.3 cm³/mol.